The first-order valence-corrected chi connectivity index (χ1v) is 7.47. The molecule has 1 N–H and O–H groups in total. The van der Waals surface area contributed by atoms with Crippen molar-refractivity contribution in [2.24, 2.45) is 0 Å². The molecule has 2 heterocycles. The molecule has 0 amide bonds. The molecule has 1 aromatic rings. The Morgan fingerprint density at radius 3 is 2.69 bits per heavy atom. The van der Waals surface area contributed by atoms with Gasteiger partial charge >= 0.3 is 0 Å². The lowest BCUT2D eigenvalue weighted by molar-refractivity contribution is 0.557. The minimum absolute atomic E-state index is 1.08. The topological polar surface area (TPSA) is 12.0 Å². The van der Waals surface area contributed by atoms with Gasteiger partial charge in [-0.3, -0.25) is 0 Å². The van der Waals surface area contributed by atoms with Crippen molar-refractivity contribution in [2.45, 2.75) is 58.4 Å². The van der Waals surface area contributed by atoms with Crippen LogP contribution >= 0.6 is 11.3 Å². The highest BCUT2D eigenvalue weighted by Crippen LogP contribution is 2.24. The summed E-state index contributed by atoms with van der Waals surface area (Å²) in [5, 5.41) is 3.58. The van der Waals surface area contributed by atoms with Gasteiger partial charge in [0.1, 0.15) is 0 Å². The molecule has 1 aromatic heterocycles. The van der Waals surface area contributed by atoms with Crippen molar-refractivity contribution in [1.82, 2.24) is 5.32 Å². The lowest BCUT2D eigenvalue weighted by Crippen LogP contribution is -2.15. The fourth-order valence-electron chi connectivity index (χ4n) is 2.44. The van der Waals surface area contributed by atoms with Gasteiger partial charge in [-0.25, -0.2) is 0 Å². The molecule has 2 heteroatoms. The molecule has 0 aromatic carbocycles. The number of thiophene rings is 1. The molecule has 0 saturated heterocycles. The van der Waals surface area contributed by atoms with E-state index in [-0.39, 0.29) is 0 Å². The standard InChI is InChI=1S/C14H23NS/c1-12-10-13-11-15-9-7-5-3-2-4-6-8-14(13)16-12/h10,15H,2-9,11H2,1H3. The lowest BCUT2D eigenvalue weighted by atomic mass is 10.1. The van der Waals surface area contributed by atoms with Gasteiger partial charge in [0, 0.05) is 16.3 Å². The zero-order valence-corrected chi connectivity index (χ0v) is 11.2. The van der Waals surface area contributed by atoms with Crippen LogP contribution in [0.4, 0.5) is 0 Å². The second-order valence-corrected chi connectivity index (χ2v) is 6.19. The van der Waals surface area contributed by atoms with E-state index >= 15 is 0 Å². The van der Waals surface area contributed by atoms with Crippen LogP contribution in [0, 0.1) is 6.92 Å². The second-order valence-electron chi connectivity index (χ2n) is 4.85. The van der Waals surface area contributed by atoms with Crippen molar-refractivity contribution in [3.05, 3.63) is 21.4 Å². The van der Waals surface area contributed by atoms with Crippen LogP contribution in [0.1, 0.15) is 53.8 Å². The molecule has 0 spiro atoms. The minimum atomic E-state index is 1.08. The third-order valence-corrected chi connectivity index (χ3v) is 4.50. The summed E-state index contributed by atoms with van der Waals surface area (Å²) in [4.78, 5) is 3.10. The van der Waals surface area contributed by atoms with Crippen LogP contribution in [0.25, 0.3) is 0 Å². The Bertz CT molecular complexity index is 287. The molecule has 1 aliphatic rings. The predicted octanol–water partition coefficient (Wildman–Crippen LogP) is 4.04. The van der Waals surface area contributed by atoms with E-state index < -0.39 is 0 Å². The maximum atomic E-state index is 3.58. The van der Waals surface area contributed by atoms with Crippen molar-refractivity contribution >= 4 is 11.3 Å². The summed E-state index contributed by atoms with van der Waals surface area (Å²) in [5.41, 5.74) is 1.56. The zero-order valence-electron chi connectivity index (χ0n) is 10.3. The quantitative estimate of drug-likeness (QED) is 0.718. The predicted molar refractivity (Wildman–Crippen MR) is 72.2 cm³/mol. The molecule has 0 radical (unpaired) electrons. The molecule has 0 fully saturated rings. The van der Waals surface area contributed by atoms with Gasteiger partial charge in [-0.2, -0.15) is 0 Å². The van der Waals surface area contributed by atoms with E-state index in [0.29, 0.717) is 0 Å². The molecule has 16 heavy (non-hydrogen) atoms. The molecule has 90 valence electrons. The molecular formula is C14H23NS. The van der Waals surface area contributed by atoms with Gasteiger partial charge in [0.05, 0.1) is 0 Å². The SMILES string of the molecule is Cc1cc2c(s1)CCCCCCCCNC2. The van der Waals surface area contributed by atoms with Crippen molar-refractivity contribution in [3.63, 3.8) is 0 Å². The summed E-state index contributed by atoms with van der Waals surface area (Å²) < 4.78 is 0. The maximum absolute atomic E-state index is 3.58. The summed E-state index contributed by atoms with van der Waals surface area (Å²) in [6.07, 6.45) is 9.71. The number of hydrogen-bond donors (Lipinski definition) is 1. The summed E-state index contributed by atoms with van der Waals surface area (Å²) in [5.74, 6) is 0. The molecule has 0 bridgehead atoms. The summed E-state index contributed by atoms with van der Waals surface area (Å²) in [6, 6.07) is 2.37. The van der Waals surface area contributed by atoms with Gasteiger partial charge in [-0.15, -0.1) is 11.3 Å². The Morgan fingerprint density at radius 2 is 1.81 bits per heavy atom. The fraction of sp³-hybridized carbons (Fsp3) is 0.714. The lowest BCUT2D eigenvalue weighted by Gasteiger charge is -2.08. The second kappa shape index (κ2) is 6.41. The molecule has 1 nitrogen and oxygen atoms in total. The van der Waals surface area contributed by atoms with Crippen LogP contribution in [0.15, 0.2) is 6.07 Å². The molecule has 0 atom stereocenters. The summed E-state index contributed by atoms with van der Waals surface area (Å²) in [7, 11) is 0. The third-order valence-electron chi connectivity index (χ3n) is 3.34. The van der Waals surface area contributed by atoms with Crippen molar-refractivity contribution < 1.29 is 0 Å². The first kappa shape index (κ1) is 12.1. The molecule has 0 aliphatic carbocycles. The van der Waals surface area contributed by atoms with Crippen LogP contribution in [0.3, 0.4) is 0 Å². The molecule has 1 aliphatic heterocycles. The van der Waals surface area contributed by atoms with Gasteiger partial charge in [0.25, 0.3) is 0 Å². The molecular weight excluding hydrogens is 214 g/mol. The number of hydrogen-bond acceptors (Lipinski definition) is 2. The van der Waals surface area contributed by atoms with E-state index in [2.05, 4.69) is 18.3 Å². The average Bonchev–Trinajstić information content (AvgIpc) is 2.59. The Labute approximate surface area is 103 Å². The van der Waals surface area contributed by atoms with E-state index in [1.54, 1.807) is 10.4 Å². The Balaban J connectivity index is 1.99. The number of aryl methyl sites for hydroxylation is 2. The summed E-state index contributed by atoms with van der Waals surface area (Å²) in [6.45, 7) is 4.50. The van der Waals surface area contributed by atoms with Gasteiger partial charge in [-0.05, 0) is 44.4 Å². The molecule has 2 rings (SSSR count). The van der Waals surface area contributed by atoms with Crippen LogP contribution in [-0.4, -0.2) is 6.54 Å². The first-order chi connectivity index (χ1) is 7.86. The van der Waals surface area contributed by atoms with E-state index in [9.17, 15) is 0 Å². The van der Waals surface area contributed by atoms with Crippen molar-refractivity contribution in [3.8, 4) is 0 Å². The van der Waals surface area contributed by atoms with Crippen LogP contribution in [-0.2, 0) is 13.0 Å². The number of nitrogens with one attached hydrogen (secondary N) is 1. The van der Waals surface area contributed by atoms with Gasteiger partial charge in [0.15, 0.2) is 0 Å². The maximum Gasteiger partial charge on any atom is 0.0216 e. The fourth-order valence-corrected chi connectivity index (χ4v) is 3.54. The van der Waals surface area contributed by atoms with Gasteiger partial charge < -0.3 is 5.32 Å². The Kier molecular flexibility index (Phi) is 4.86. The zero-order chi connectivity index (χ0) is 11.2. The highest BCUT2D eigenvalue weighted by Gasteiger charge is 2.07. The number of fused-ring (bicyclic) bond motifs is 1. The van der Waals surface area contributed by atoms with Gasteiger partial charge in [-0.1, -0.05) is 25.7 Å². The normalized spacial score (nSPS) is 19.6. The molecule has 0 unspecified atom stereocenters. The average molecular weight is 237 g/mol. The van der Waals surface area contributed by atoms with Gasteiger partial charge in [0.2, 0.25) is 0 Å². The number of rotatable bonds is 0. The highest BCUT2D eigenvalue weighted by molar-refractivity contribution is 7.12. The van der Waals surface area contributed by atoms with Crippen molar-refractivity contribution in [1.29, 1.82) is 0 Å². The largest absolute Gasteiger partial charge is 0.313 e. The van der Waals surface area contributed by atoms with Crippen LogP contribution < -0.4 is 5.32 Å². The third kappa shape index (κ3) is 3.60. The first-order valence-electron chi connectivity index (χ1n) is 6.65. The monoisotopic (exact) mass is 237 g/mol. The highest BCUT2D eigenvalue weighted by atomic mass is 32.1. The van der Waals surface area contributed by atoms with Crippen LogP contribution in [0.2, 0.25) is 0 Å². The molecule has 0 saturated carbocycles. The van der Waals surface area contributed by atoms with E-state index in [1.165, 1.54) is 56.4 Å². The smallest absolute Gasteiger partial charge is 0.0216 e. The van der Waals surface area contributed by atoms with E-state index in [1.807, 2.05) is 11.3 Å². The van der Waals surface area contributed by atoms with E-state index in [4.69, 9.17) is 0 Å². The van der Waals surface area contributed by atoms with Crippen LogP contribution in [0.5, 0.6) is 0 Å². The minimum Gasteiger partial charge on any atom is -0.313 e. The Morgan fingerprint density at radius 1 is 1.06 bits per heavy atom. The Hall–Kier alpha value is -0.340. The van der Waals surface area contributed by atoms with E-state index in [0.717, 1.165) is 6.54 Å². The van der Waals surface area contributed by atoms with Crippen molar-refractivity contribution in [2.75, 3.05) is 6.54 Å². The summed E-state index contributed by atoms with van der Waals surface area (Å²) >= 11 is 2.00.